The zero-order valence-corrected chi connectivity index (χ0v) is 14.3. The molecule has 0 radical (unpaired) electrons. The number of fused-ring (bicyclic) bond motifs is 1. The number of imide groups is 2. The van der Waals surface area contributed by atoms with E-state index in [-0.39, 0.29) is 29.4 Å². The summed E-state index contributed by atoms with van der Waals surface area (Å²) in [7, 11) is 0. The number of carbonyl (C=O) groups is 4. The molecule has 132 valence electrons. The van der Waals surface area contributed by atoms with Crippen molar-refractivity contribution in [3.8, 4) is 0 Å². The Bertz CT molecular complexity index is 810. The van der Waals surface area contributed by atoms with Crippen LogP contribution in [0.2, 0.25) is 0 Å². The van der Waals surface area contributed by atoms with Gasteiger partial charge in [-0.05, 0) is 36.0 Å². The van der Waals surface area contributed by atoms with Gasteiger partial charge in [-0.2, -0.15) is 0 Å². The summed E-state index contributed by atoms with van der Waals surface area (Å²) in [5.74, 6) is -3.00. The summed E-state index contributed by atoms with van der Waals surface area (Å²) < 4.78 is 14.0. The van der Waals surface area contributed by atoms with Gasteiger partial charge in [0, 0.05) is 6.42 Å². The second-order valence-corrected chi connectivity index (χ2v) is 7.67. The first-order chi connectivity index (χ1) is 11.6. The number of hydrogen-bond donors (Lipinski definition) is 1. The zero-order valence-electron chi connectivity index (χ0n) is 14.3. The molecular formula is C18H19FN2O4. The Morgan fingerprint density at radius 2 is 1.84 bits per heavy atom. The number of piperidine rings is 1. The first-order valence-corrected chi connectivity index (χ1v) is 8.12. The van der Waals surface area contributed by atoms with E-state index in [4.69, 9.17) is 0 Å². The topological polar surface area (TPSA) is 83.6 Å². The largest absolute Gasteiger partial charge is 0.295 e. The van der Waals surface area contributed by atoms with Crippen LogP contribution < -0.4 is 5.32 Å². The van der Waals surface area contributed by atoms with Crippen molar-refractivity contribution in [2.45, 2.75) is 46.1 Å². The van der Waals surface area contributed by atoms with Gasteiger partial charge in [0.15, 0.2) is 0 Å². The fourth-order valence-electron chi connectivity index (χ4n) is 3.35. The third-order valence-corrected chi connectivity index (χ3v) is 4.31. The van der Waals surface area contributed by atoms with E-state index in [1.165, 1.54) is 6.07 Å². The highest BCUT2D eigenvalue weighted by Crippen LogP contribution is 2.33. The molecule has 1 saturated heterocycles. The minimum Gasteiger partial charge on any atom is -0.295 e. The lowest BCUT2D eigenvalue weighted by Crippen LogP contribution is -2.54. The van der Waals surface area contributed by atoms with Gasteiger partial charge in [-0.25, -0.2) is 4.39 Å². The van der Waals surface area contributed by atoms with Crippen LogP contribution in [-0.4, -0.2) is 34.6 Å². The molecule has 1 aromatic carbocycles. The summed E-state index contributed by atoms with van der Waals surface area (Å²) in [4.78, 5) is 49.8. The molecule has 0 saturated carbocycles. The molecule has 1 unspecified atom stereocenters. The number of halogens is 1. The van der Waals surface area contributed by atoms with Gasteiger partial charge in [0.25, 0.3) is 11.8 Å². The Balaban J connectivity index is 2.03. The van der Waals surface area contributed by atoms with Crippen LogP contribution >= 0.6 is 0 Å². The van der Waals surface area contributed by atoms with E-state index in [1.54, 1.807) is 0 Å². The molecule has 1 N–H and O–H groups in total. The summed E-state index contributed by atoms with van der Waals surface area (Å²) in [6.07, 6.45) is 0.537. The third kappa shape index (κ3) is 3.06. The van der Waals surface area contributed by atoms with Crippen molar-refractivity contribution in [1.82, 2.24) is 10.2 Å². The van der Waals surface area contributed by atoms with Crippen LogP contribution in [0.1, 0.15) is 59.9 Å². The van der Waals surface area contributed by atoms with Gasteiger partial charge in [-0.3, -0.25) is 29.4 Å². The minimum absolute atomic E-state index is 0.0195. The number of benzene rings is 1. The molecule has 7 heteroatoms. The molecule has 0 spiro atoms. The van der Waals surface area contributed by atoms with Crippen LogP contribution in [0.25, 0.3) is 0 Å². The number of nitrogens with zero attached hydrogens (tertiary/aromatic N) is 1. The van der Waals surface area contributed by atoms with Crippen LogP contribution in [-0.2, 0) is 16.0 Å². The second-order valence-electron chi connectivity index (χ2n) is 7.67. The van der Waals surface area contributed by atoms with E-state index >= 15 is 0 Å². The lowest BCUT2D eigenvalue weighted by molar-refractivity contribution is -0.136. The highest BCUT2D eigenvalue weighted by molar-refractivity contribution is 6.24. The van der Waals surface area contributed by atoms with E-state index in [0.717, 1.165) is 11.0 Å². The van der Waals surface area contributed by atoms with Gasteiger partial charge < -0.3 is 0 Å². The average Bonchev–Trinajstić information content (AvgIpc) is 2.70. The van der Waals surface area contributed by atoms with Crippen molar-refractivity contribution in [2.24, 2.45) is 5.41 Å². The van der Waals surface area contributed by atoms with Gasteiger partial charge >= 0.3 is 0 Å². The van der Waals surface area contributed by atoms with Crippen molar-refractivity contribution in [1.29, 1.82) is 0 Å². The van der Waals surface area contributed by atoms with Gasteiger partial charge in [-0.1, -0.05) is 20.8 Å². The summed E-state index contributed by atoms with van der Waals surface area (Å²) in [5, 5.41) is 2.14. The van der Waals surface area contributed by atoms with Crippen molar-refractivity contribution >= 4 is 23.6 Å². The molecule has 1 fully saturated rings. The molecule has 3 rings (SSSR count). The maximum absolute atomic E-state index is 14.0. The molecule has 6 nitrogen and oxygen atoms in total. The predicted octanol–water partition coefficient (Wildman–Crippen LogP) is 1.82. The minimum atomic E-state index is -1.05. The molecule has 25 heavy (non-hydrogen) atoms. The Hall–Kier alpha value is -2.57. The number of rotatable bonds is 2. The average molecular weight is 346 g/mol. The molecule has 0 aliphatic carbocycles. The van der Waals surface area contributed by atoms with Crippen LogP contribution in [0.4, 0.5) is 4.39 Å². The van der Waals surface area contributed by atoms with E-state index in [0.29, 0.717) is 12.0 Å². The van der Waals surface area contributed by atoms with Gasteiger partial charge in [0.2, 0.25) is 11.8 Å². The molecule has 2 aliphatic heterocycles. The van der Waals surface area contributed by atoms with Crippen LogP contribution in [0.5, 0.6) is 0 Å². The van der Waals surface area contributed by atoms with Crippen LogP contribution in [0.3, 0.4) is 0 Å². The van der Waals surface area contributed by atoms with Crippen molar-refractivity contribution in [2.75, 3.05) is 0 Å². The van der Waals surface area contributed by atoms with E-state index in [2.05, 4.69) is 5.32 Å². The van der Waals surface area contributed by atoms with E-state index < -0.39 is 35.5 Å². The maximum atomic E-state index is 14.0. The van der Waals surface area contributed by atoms with E-state index in [1.807, 2.05) is 20.8 Å². The van der Waals surface area contributed by atoms with Gasteiger partial charge in [-0.15, -0.1) is 0 Å². The molecule has 2 aliphatic rings. The zero-order chi connectivity index (χ0) is 18.5. The SMILES string of the molecule is CC(C)(C)Cc1cc(F)cc2c1C(=O)N(C1CCC(=O)NC1=O)C2=O. The van der Waals surface area contributed by atoms with Crippen molar-refractivity contribution in [3.05, 3.63) is 34.6 Å². The van der Waals surface area contributed by atoms with Gasteiger partial charge in [0.1, 0.15) is 11.9 Å². The summed E-state index contributed by atoms with van der Waals surface area (Å²) in [5.41, 5.74) is 0.378. The Kier molecular flexibility index (Phi) is 3.97. The Labute approximate surface area is 144 Å². The highest BCUT2D eigenvalue weighted by atomic mass is 19.1. The third-order valence-electron chi connectivity index (χ3n) is 4.31. The smallest absolute Gasteiger partial charge is 0.262 e. The molecule has 2 heterocycles. The van der Waals surface area contributed by atoms with Crippen LogP contribution in [0.15, 0.2) is 12.1 Å². The van der Waals surface area contributed by atoms with Crippen LogP contribution in [0, 0.1) is 11.2 Å². The fourth-order valence-corrected chi connectivity index (χ4v) is 3.35. The molecule has 1 aromatic rings. The fraction of sp³-hybridized carbons (Fsp3) is 0.444. The maximum Gasteiger partial charge on any atom is 0.262 e. The second kappa shape index (κ2) is 5.75. The molecule has 0 aromatic heterocycles. The lowest BCUT2D eigenvalue weighted by atomic mass is 9.85. The van der Waals surface area contributed by atoms with Crippen molar-refractivity contribution < 1.29 is 23.6 Å². The standard InChI is InChI=1S/C18H19FN2O4/c1-18(2,3)8-9-6-10(19)7-11-14(9)17(25)21(16(11)24)12-4-5-13(22)20-15(12)23/h6-7,12H,4-5,8H2,1-3H3,(H,20,22,23). The normalized spacial score (nSPS) is 20.8. The van der Waals surface area contributed by atoms with Gasteiger partial charge in [0.05, 0.1) is 11.1 Å². The quantitative estimate of drug-likeness (QED) is 0.828. The first-order valence-electron chi connectivity index (χ1n) is 8.12. The first kappa shape index (κ1) is 17.3. The number of amides is 4. The monoisotopic (exact) mass is 346 g/mol. The summed E-state index contributed by atoms with van der Waals surface area (Å²) in [6.45, 7) is 5.84. The molecule has 0 bridgehead atoms. The lowest BCUT2D eigenvalue weighted by Gasteiger charge is -2.28. The summed E-state index contributed by atoms with van der Waals surface area (Å²) >= 11 is 0. The molecule has 4 amide bonds. The highest BCUT2D eigenvalue weighted by Gasteiger charge is 2.46. The Morgan fingerprint density at radius 3 is 2.44 bits per heavy atom. The number of carbonyl (C=O) groups excluding carboxylic acids is 4. The molecular weight excluding hydrogens is 327 g/mol. The molecule has 1 atom stereocenters. The van der Waals surface area contributed by atoms with E-state index in [9.17, 15) is 23.6 Å². The van der Waals surface area contributed by atoms with Crippen molar-refractivity contribution in [3.63, 3.8) is 0 Å². The Morgan fingerprint density at radius 1 is 1.16 bits per heavy atom. The number of hydrogen-bond acceptors (Lipinski definition) is 4. The predicted molar refractivity (Wildman–Crippen MR) is 86.2 cm³/mol. The number of nitrogens with one attached hydrogen (secondary N) is 1. The summed E-state index contributed by atoms with van der Waals surface area (Å²) in [6, 6.07) is 1.26.